The number of hydrogen-bond acceptors (Lipinski definition) is 4. The van der Waals surface area contributed by atoms with Crippen LogP contribution >= 0.6 is 0 Å². The standard InChI is InChI=1S/C23H24FN3O2/c1-23(2,3)18-8-6-16(7-9-18)22-25-21(26-29-22)17-12-20(28)27(14-17)13-15-4-10-19(24)11-5-15/h4-11,17H,12-14H2,1-3H3. The molecule has 0 saturated carbocycles. The lowest BCUT2D eigenvalue weighted by Gasteiger charge is -2.18. The number of halogens is 1. The van der Waals surface area contributed by atoms with Crippen molar-refractivity contribution in [3.8, 4) is 11.5 Å². The number of carbonyl (C=O) groups is 1. The largest absolute Gasteiger partial charge is 0.338 e. The molecule has 1 amide bonds. The van der Waals surface area contributed by atoms with Crippen molar-refractivity contribution in [1.29, 1.82) is 0 Å². The first-order valence-electron chi connectivity index (χ1n) is 9.76. The number of aromatic nitrogens is 2. The molecule has 4 rings (SSSR count). The number of nitrogens with zero attached hydrogens (tertiary/aromatic N) is 3. The van der Waals surface area contributed by atoms with E-state index < -0.39 is 0 Å². The van der Waals surface area contributed by atoms with Crippen LogP contribution in [-0.4, -0.2) is 27.5 Å². The van der Waals surface area contributed by atoms with Gasteiger partial charge in [0.1, 0.15) is 5.82 Å². The molecule has 0 spiro atoms. The van der Waals surface area contributed by atoms with Gasteiger partial charge < -0.3 is 9.42 Å². The van der Waals surface area contributed by atoms with Gasteiger partial charge in [-0.25, -0.2) is 4.39 Å². The van der Waals surface area contributed by atoms with Crippen LogP contribution in [-0.2, 0) is 16.8 Å². The molecule has 3 aromatic rings. The van der Waals surface area contributed by atoms with E-state index in [9.17, 15) is 9.18 Å². The molecule has 1 fully saturated rings. The highest BCUT2D eigenvalue weighted by atomic mass is 19.1. The van der Waals surface area contributed by atoms with Gasteiger partial charge in [-0.2, -0.15) is 4.98 Å². The average Bonchev–Trinajstić information content (AvgIpc) is 3.30. The van der Waals surface area contributed by atoms with Gasteiger partial charge in [0.25, 0.3) is 5.89 Å². The van der Waals surface area contributed by atoms with Gasteiger partial charge in [0.15, 0.2) is 5.82 Å². The highest BCUT2D eigenvalue weighted by Gasteiger charge is 2.33. The molecule has 5 nitrogen and oxygen atoms in total. The van der Waals surface area contributed by atoms with Crippen molar-refractivity contribution in [1.82, 2.24) is 15.0 Å². The van der Waals surface area contributed by atoms with Crippen LogP contribution < -0.4 is 0 Å². The van der Waals surface area contributed by atoms with Crippen LogP contribution in [0.5, 0.6) is 0 Å². The summed E-state index contributed by atoms with van der Waals surface area (Å²) in [6, 6.07) is 14.3. The Morgan fingerprint density at radius 1 is 1.10 bits per heavy atom. The predicted octanol–water partition coefficient (Wildman–Crippen LogP) is 4.69. The van der Waals surface area contributed by atoms with Gasteiger partial charge in [-0.15, -0.1) is 0 Å². The molecule has 1 unspecified atom stereocenters. The van der Waals surface area contributed by atoms with Crippen molar-refractivity contribution in [3.05, 3.63) is 71.3 Å². The van der Waals surface area contributed by atoms with Crippen molar-refractivity contribution >= 4 is 5.91 Å². The molecular formula is C23H24FN3O2. The molecule has 1 aliphatic heterocycles. The second kappa shape index (κ2) is 7.43. The van der Waals surface area contributed by atoms with Gasteiger partial charge in [-0.05, 0) is 40.8 Å². The second-order valence-electron chi connectivity index (χ2n) is 8.59. The maximum atomic E-state index is 13.1. The average molecular weight is 393 g/mol. The summed E-state index contributed by atoms with van der Waals surface area (Å²) < 4.78 is 18.5. The van der Waals surface area contributed by atoms with E-state index in [0.29, 0.717) is 31.2 Å². The molecule has 0 radical (unpaired) electrons. The maximum absolute atomic E-state index is 13.1. The monoisotopic (exact) mass is 393 g/mol. The Hall–Kier alpha value is -3.02. The molecule has 0 N–H and O–H groups in total. The molecule has 1 aliphatic rings. The Labute approximate surface area is 169 Å². The third kappa shape index (κ3) is 4.21. The second-order valence-corrected chi connectivity index (χ2v) is 8.59. The molecule has 0 bridgehead atoms. The van der Waals surface area contributed by atoms with E-state index in [1.165, 1.54) is 17.7 Å². The van der Waals surface area contributed by atoms with Crippen LogP contribution in [0.25, 0.3) is 11.5 Å². The Kier molecular flexibility index (Phi) is 4.94. The number of rotatable bonds is 4. The molecular weight excluding hydrogens is 369 g/mol. The van der Waals surface area contributed by atoms with Crippen molar-refractivity contribution in [2.75, 3.05) is 6.54 Å². The summed E-state index contributed by atoms with van der Waals surface area (Å²) in [5, 5.41) is 4.12. The summed E-state index contributed by atoms with van der Waals surface area (Å²) in [5.74, 6) is 0.670. The van der Waals surface area contributed by atoms with E-state index in [4.69, 9.17) is 4.52 Å². The van der Waals surface area contributed by atoms with Crippen LogP contribution in [0, 0.1) is 5.82 Å². The summed E-state index contributed by atoms with van der Waals surface area (Å²) in [5.41, 5.74) is 3.08. The molecule has 6 heteroatoms. The minimum absolute atomic E-state index is 0.0419. The molecule has 1 saturated heterocycles. The van der Waals surface area contributed by atoms with Crippen LogP contribution in [0.1, 0.15) is 50.1 Å². The zero-order valence-electron chi connectivity index (χ0n) is 16.9. The lowest BCUT2D eigenvalue weighted by Crippen LogP contribution is -2.24. The predicted molar refractivity (Wildman–Crippen MR) is 108 cm³/mol. The molecule has 150 valence electrons. The van der Waals surface area contributed by atoms with Gasteiger partial charge in [0.2, 0.25) is 5.91 Å². The van der Waals surface area contributed by atoms with Gasteiger partial charge in [0, 0.05) is 31.0 Å². The van der Waals surface area contributed by atoms with E-state index >= 15 is 0 Å². The number of likely N-dealkylation sites (tertiary alicyclic amines) is 1. The first kappa shape index (κ1) is 19.3. The van der Waals surface area contributed by atoms with Crippen LogP contribution in [0.3, 0.4) is 0 Å². The third-order valence-corrected chi connectivity index (χ3v) is 5.31. The Morgan fingerprint density at radius 3 is 2.45 bits per heavy atom. The molecule has 2 aromatic carbocycles. The summed E-state index contributed by atoms with van der Waals surface area (Å²) in [7, 11) is 0. The van der Waals surface area contributed by atoms with E-state index in [0.717, 1.165) is 11.1 Å². The molecule has 2 heterocycles. The Balaban J connectivity index is 1.45. The van der Waals surface area contributed by atoms with E-state index in [1.54, 1.807) is 17.0 Å². The fourth-order valence-electron chi connectivity index (χ4n) is 3.54. The lowest BCUT2D eigenvalue weighted by atomic mass is 9.87. The minimum atomic E-state index is -0.283. The van der Waals surface area contributed by atoms with E-state index in [-0.39, 0.29) is 23.1 Å². The van der Waals surface area contributed by atoms with Crippen molar-refractivity contribution < 1.29 is 13.7 Å². The molecule has 0 aliphatic carbocycles. The van der Waals surface area contributed by atoms with Crippen molar-refractivity contribution in [2.45, 2.75) is 45.1 Å². The minimum Gasteiger partial charge on any atom is -0.338 e. The van der Waals surface area contributed by atoms with Crippen LogP contribution in [0.2, 0.25) is 0 Å². The van der Waals surface area contributed by atoms with Crippen molar-refractivity contribution in [3.63, 3.8) is 0 Å². The van der Waals surface area contributed by atoms with E-state index in [2.05, 4.69) is 43.0 Å². The maximum Gasteiger partial charge on any atom is 0.257 e. The van der Waals surface area contributed by atoms with E-state index in [1.807, 2.05) is 12.1 Å². The number of benzene rings is 2. The first-order chi connectivity index (χ1) is 13.8. The number of hydrogen-bond donors (Lipinski definition) is 0. The van der Waals surface area contributed by atoms with Crippen LogP contribution in [0.4, 0.5) is 4.39 Å². The fraction of sp³-hybridized carbons (Fsp3) is 0.348. The fourth-order valence-corrected chi connectivity index (χ4v) is 3.54. The lowest BCUT2D eigenvalue weighted by molar-refractivity contribution is -0.128. The first-order valence-corrected chi connectivity index (χ1v) is 9.76. The normalized spacial score (nSPS) is 17.2. The smallest absolute Gasteiger partial charge is 0.257 e. The molecule has 29 heavy (non-hydrogen) atoms. The zero-order valence-corrected chi connectivity index (χ0v) is 16.9. The quantitative estimate of drug-likeness (QED) is 0.645. The van der Waals surface area contributed by atoms with Gasteiger partial charge in [-0.1, -0.05) is 50.2 Å². The number of amides is 1. The molecule has 1 atom stereocenters. The summed E-state index contributed by atoms with van der Waals surface area (Å²) in [6.45, 7) is 7.48. The highest BCUT2D eigenvalue weighted by Crippen LogP contribution is 2.30. The van der Waals surface area contributed by atoms with Crippen LogP contribution in [0.15, 0.2) is 53.1 Å². The molecule has 1 aromatic heterocycles. The van der Waals surface area contributed by atoms with Gasteiger partial charge in [0.05, 0.1) is 0 Å². The van der Waals surface area contributed by atoms with Crippen molar-refractivity contribution in [2.24, 2.45) is 0 Å². The highest BCUT2D eigenvalue weighted by molar-refractivity contribution is 5.79. The third-order valence-electron chi connectivity index (χ3n) is 5.31. The van der Waals surface area contributed by atoms with Gasteiger partial charge in [-0.3, -0.25) is 4.79 Å². The summed E-state index contributed by atoms with van der Waals surface area (Å²) >= 11 is 0. The summed E-state index contributed by atoms with van der Waals surface area (Å²) in [4.78, 5) is 18.7. The zero-order chi connectivity index (χ0) is 20.6. The Bertz CT molecular complexity index is 1000. The topological polar surface area (TPSA) is 59.2 Å². The summed E-state index contributed by atoms with van der Waals surface area (Å²) in [6.07, 6.45) is 0.350. The van der Waals surface area contributed by atoms with Gasteiger partial charge >= 0.3 is 0 Å². The Morgan fingerprint density at radius 2 is 1.79 bits per heavy atom. The number of carbonyl (C=O) groups excluding carboxylic acids is 1. The SMILES string of the molecule is CC(C)(C)c1ccc(-c2nc(C3CC(=O)N(Cc4ccc(F)cc4)C3)no2)cc1.